The van der Waals surface area contributed by atoms with E-state index in [4.69, 9.17) is 0 Å². The topological polar surface area (TPSA) is 86.7 Å². The van der Waals surface area contributed by atoms with Gasteiger partial charge in [-0.1, -0.05) is 0 Å². The molecule has 1 aliphatic rings. The van der Waals surface area contributed by atoms with Gasteiger partial charge in [-0.25, -0.2) is 8.42 Å². The number of aliphatic hydroxyl groups excluding tert-OH is 1. The van der Waals surface area contributed by atoms with Crippen LogP contribution in [0.3, 0.4) is 0 Å². The SMILES string of the molecule is CNC(=O)c1ccc(S(=O)(=O)N2C[C@@H](CO)[C@@H](c3ccsc3)C2)cc1. The average molecular weight is 380 g/mol. The first-order valence-corrected chi connectivity index (χ1v) is 10.3. The Labute approximate surface area is 151 Å². The number of hydrogen-bond acceptors (Lipinski definition) is 5. The maximum atomic E-state index is 12.9. The molecule has 0 unspecified atom stereocenters. The lowest BCUT2D eigenvalue weighted by Crippen LogP contribution is -2.29. The van der Waals surface area contributed by atoms with E-state index in [0.717, 1.165) is 5.56 Å². The average Bonchev–Trinajstić information content (AvgIpc) is 3.30. The summed E-state index contributed by atoms with van der Waals surface area (Å²) in [4.78, 5) is 11.7. The predicted molar refractivity (Wildman–Crippen MR) is 96.2 cm³/mol. The van der Waals surface area contributed by atoms with Gasteiger partial charge >= 0.3 is 0 Å². The van der Waals surface area contributed by atoms with Gasteiger partial charge in [-0.2, -0.15) is 15.6 Å². The summed E-state index contributed by atoms with van der Waals surface area (Å²) in [6.45, 7) is 0.584. The van der Waals surface area contributed by atoms with Gasteiger partial charge in [-0.05, 0) is 46.7 Å². The summed E-state index contributed by atoms with van der Waals surface area (Å²) in [5.41, 5.74) is 1.48. The number of nitrogens with one attached hydrogen (secondary N) is 1. The summed E-state index contributed by atoms with van der Waals surface area (Å²) in [6.07, 6.45) is 0. The van der Waals surface area contributed by atoms with Crippen LogP contribution in [0.2, 0.25) is 0 Å². The van der Waals surface area contributed by atoms with Crippen LogP contribution >= 0.6 is 11.3 Å². The minimum atomic E-state index is -3.66. The number of aliphatic hydroxyl groups is 1. The van der Waals surface area contributed by atoms with Gasteiger partial charge in [0.1, 0.15) is 0 Å². The lowest BCUT2D eigenvalue weighted by molar-refractivity contribution is 0.0963. The number of hydrogen-bond donors (Lipinski definition) is 2. The molecule has 2 N–H and O–H groups in total. The molecule has 25 heavy (non-hydrogen) atoms. The van der Waals surface area contributed by atoms with Crippen LogP contribution in [-0.4, -0.2) is 50.5 Å². The Balaban J connectivity index is 1.84. The summed E-state index contributed by atoms with van der Waals surface area (Å²) in [5, 5.41) is 16.1. The van der Waals surface area contributed by atoms with Gasteiger partial charge in [0.25, 0.3) is 5.91 Å². The van der Waals surface area contributed by atoms with Gasteiger partial charge in [-0.15, -0.1) is 0 Å². The molecule has 1 fully saturated rings. The van der Waals surface area contributed by atoms with Gasteiger partial charge in [0.2, 0.25) is 10.0 Å². The number of carbonyl (C=O) groups is 1. The highest BCUT2D eigenvalue weighted by molar-refractivity contribution is 7.89. The first-order chi connectivity index (χ1) is 12.0. The highest BCUT2D eigenvalue weighted by atomic mass is 32.2. The monoisotopic (exact) mass is 380 g/mol. The fraction of sp³-hybridized carbons (Fsp3) is 0.353. The molecular formula is C17H20N2O4S2. The molecular weight excluding hydrogens is 360 g/mol. The largest absolute Gasteiger partial charge is 0.396 e. The maximum Gasteiger partial charge on any atom is 0.251 e. The van der Waals surface area contributed by atoms with Crippen molar-refractivity contribution in [2.75, 3.05) is 26.7 Å². The van der Waals surface area contributed by atoms with Crippen molar-refractivity contribution in [3.63, 3.8) is 0 Å². The van der Waals surface area contributed by atoms with Gasteiger partial charge < -0.3 is 10.4 Å². The summed E-state index contributed by atoms with van der Waals surface area (Å²) < 4.78 is 27.2. The number of carbonyl (C=O) groups excluding carboxylic acids is 1. The molecule has 0 radical (unpaired) electrons. The molecule has 0 saturated carbocycles. The number of nitrogens with zero attached hydrogens (tertiary/aromatic N) is 1. The normalized spacial score (nSPS) is 21.4. The zero-order valence-electron chi connectivity index (χ0n) is 13.8. The number of thiophene rings is 1. The molecule has 2 heterocycles. The Morgan fingerprint density at radius 1 is 1.28 bits per heavy atom. The molecule has 0 spiro atoms. The highest BCUT2D eigenvalue weighted by Crippen LogP contribution is 2.36. The van der Waals surface area contributed by atoms with Crippen LogP contribution in [-0.2, 0) is 10.0 Å². The fourth-order valence-electron chi connectivity index (χ4n) is 3.15. The molecule has 2 atom stereocenters. The van der Waals surface area contributed by atoms with Crippen molar-refractivity contribution in [1.29, 1.82) is 0 Å². The van der Waals surface area contributed by atoms with E-state index in [1.54, 1.807) is 11.3 Å². The first kappa shape index (κ1) is 18.1. The smallest absolute Gasteiger partial charge is 0.251 e. The zero-order chi connectivity index (χ0) is 18.0. The predicted octanol–water partition coefficient (Wildman–Crippen LogP) is 1.50. The Bertz CT molecular complexity index is 832. The van der Waals surface area contributed by atoms with Crippen LogP contribution in [0.1, 0.15) is 21.8 Å². The third kappa shape index (κ3) is 3.48. The molecule has 1 aromatic heterocycles. The Morgan fingerprint density at radius 3 is 2.56 bits per heavy atom. The standard InChI is InChI=1S/C17H20N2O4S2/c1-18-17(21)12-2-4-15(5-3-12)25(22,23)19-8-14(10-20)16(9-19)13-6-7-24-11-13/h2-7,11,14,16,20H,8-10H2,1H3,(H,18,21)/t14-,16+/m0/s1. The second kappa shape index (κ2) is 7.25. The van der Waals surface area contributed by atoms with E-state index in [1.807, 2.05) is 16.8 Å². The van der Waals surface area contributed by atoms with Crippen LogP contribution < -0.4 is 5.32 Å². The van der Waals surface area contributed by atoms with Crippen molar-refractivity contribution in [2.45, 2.75) is 10.8 Å². The fourth-order valence-corrected chi connectivity index (χ4v) is 5.40. The van der Waals surface area contributed by atoms with Crippen LogP contribution in [0.4, 0.5) is 0 Å². The van der Waals surface area contributed by atoms with E-state index in [0.29, 0.717) is 12.1 Å². The molecule has 0 bridgehead atoms. The van der Waals surface area contributed by atoms with Gasteiger partial charge in [0.15, 0.2) is 0 Å². The zero-order valence-corrected chi connectivity index (χ0v) is 15.4. The van der Waals surface area contributed by atoms with E-state index in [9.17, 15) is 18.3 Å². The minimum Gasteiger partial charge on any atom is -0.396 e. The first-order valence-electron chi connectivity index (χ1n) is 7.92. The molecule has 1 amide bonds. The molecule has 8 heteroatoms. The molecule has 1 saturated heterocycles. The van der Waals surface area contributed by atoms with E-state index >= 15 is 0 Å². The van der Waals surface area contributed by atoms with Gasteiger partial charge in [0, 0.05) is 44.1 Å². The molecule has 0 aliphatic carbocycles. The molecule has 1 aromatic carbocycles. The van der Waals surface area contributed by atoms with Crippen molar-refractivity contribution in [2.24, 2.45) is 5.92 Å². The Morgan fingerprint density at radius 2 is 2.00 bits per heavy atom. The summed E-state index contributed by atoms with van der Waals surface area (Å²) in [6, 6.07) is 7.88. The third-order valence-electron chi connectivity index (χ3n) is 4.59. The molecule has 134 valence electrons. The van der Waals surface area contributed by atoms with E-state index < -0.39 is 10.0 Å². The maximum absolute atomic E-state index is 12.9. The number of sulfonamides is 1. The second-order valence-corrected chi connectivity index (χ2v) is 8.75. The molecule has 3 rings (SSSR count). The lowest BCUT2D eigenvalue weighted by Gasteiger charge is -2.16. The van der Waals surface area contributed by atoms with Crippen LogP contribution in [0.25, 0.3) is 0 Å². The van der Waals surface area contributed by atoms with Crippen LogP contribution in [0.5, 0.6) is 0 Å². The van der Waals surface area contributed by atoms with Crippen molar-refractivity contribution in [3.05, 3.63) is 52.2 Å². The Kier molecular flexibility index (Phi) is 5.24. The summed E-state index contributed by atoms with van der Waals surface area (Å²) in [5.74, 6) is -0.381. The van der Waals surface area contributed by atoms with E-state index in [2.05, 4.69) is 5.32 Å². The quantitative estimate of drug-likeness (QED) is 0.823. The highest BCUT2D eigenvalue weighted by Gasteiger charge is 2.39. The number of benzene rings is 1. The molecule has 6 nitrogen and oxygen atoms in total. The summed E-state index contributed by atoms with van der Waals surface area (Å²) >= 11 is 1.56. The Hall–Kier alpha value is -1.74. The summed E-state index contributed by atoms with van der Waals surface area (Å²) in [7, 11) is -2.14. The minimum absolute atomic E-state index is 0.00355. The number of amides is 1. The van der Waals surface area contributed by atoms with Crippen LogP contribution in [0.15, 0.2) is 46.0 Å². The van der Waals surface area contributed by atoms with E-state index in [1.165, 1.54) is 35.6 Å². The van der Waals surface area contributed by atoms with Crippen molar-refractivity contribution in [1.82, 2.24) is 9.62 Å². The molecule has 1 aliphatic heterocycles. The lowest BCUT2D eigenvalue weighted by atomic mass is 9.92. The molecule has 2 aromatic rings. The van der Waals surface area contributed by atoms with Crippen molar-refractivity contribution in [3.8, 4) is 0 Å². The van der Waals surface area contributed by atoms with Crippen LogP contribution in [0, 0.1) is 5.92 Å². The van der Waals surface area contributed by atoms with E-state index in [-0.39, 0.29) is 35.8 Å². The van der Waals surface area contributed by atoms with Crippen molar-refractivity contribution >= 4 is 27.3 Å². The number of rotatable bonds is 5. The van der Waals surface area contributed by atoms with Gasteiger partial charge in [0.05, 0.1) is 4.90 Å². The van der Waals surface area contributed by atoms with Gasteiger partial charge in [-0.3, -0.25) is 4.79 Å². The third-order valence-corrected chi connectivity index (χ3v) is 7.14. The van der Waals surface area contributed by atoms with Crippen molar-refractivity contribution < 1.29 is 18.3 Å². The second-order valence-electron chi connectivity index (χ2n) is 6.03.